The van der Waals surface area contributed by atoms with E-state index >= 15 is 0 Å². The van der Waals surface area contributed by atoms with Crippen LogP contribution >= 0.6 is 17.2 Å². The molecule has 0 aliphatic carbocycles. The summed E-state index contributed by atoms with van der Waals surface area (Å²) < 4.78 is 0. The van der Waals surface area contributed by atoms with Gasteiger partial charge in [-0.25, -0.2) is 0 Å². The van der Waals surface area contributed by atoms with E-state index in [0.717, 1.165) is 0 Å². The van der Waals surface area contributed by atoms with Crippen molar-refractivity contribution in [1.82, 2.24) is 0 Å². The van der Waals surface area contributed by atoms with Gasteiger partial charge in [-0.05, 0) is 30.5 Å². The van der Waals surface area contributed by atoms with E-state index in [4.69, 9.17) is 0 Å². The quantitative estimate of drug-likeness (QED) is 0.629. The molecule has 0 heterocycles. The Bertz CT molecular complexity index is 582. The predicted octanol–water partition coefficient (Wildman–Crippen LogP) is 3.94. The Labute approximate surface area is 131 Å². The van der Waals surface area contributed by atoms with Crippen molar-refractivity contribution in [1.29, 1.82) is 0 Å². The number of benzene rings is 3. The molecule has 3 aromatic carbocycles. The van der Waals surface area contributed by atoms with Crippen molar-refractivity contribution in [3.8, 4) is 0 Å². The van der Waals surface area contributed by atoms with Crippen LogP contribution in [0.15, 0.2) is 91.0 Å². The molecule has 0 fully saturated rings. The Balaban J connectivity index is 0.000000194. The van der Waals surface area contributed by atoms with Crippen molar-refractivity contribution in [2.75, 3.05) is 6.66 Å². The van der Waals surface area contributed by atoms with Gasteiger partial charge in [-0.2, -0.15) is 0 Å². The van der Waals surface area contributed by atoms with Gasteiger partial charge < -0.3 is 0 Å². The largest absolute Gasteiger partial charge is 0.106 e. The van der Waals surface area contributed by atoms with E-state index in [9.17, 15) is 0 Å². The molecule has 0 saturated carbocycles. The van der Waals surface area contributed by atoms with Gasteiger partial charge in [0.25, 0.3) is 0 Å². The van der Waals surface area contributed by atoms with Crippen LogP contribution in [-0.2, 0) is 0 Å². The third-order valence-corrected chi connectivity index (χ3v) is 5.62. The van der Waals surface area contributed by atoms with E-state index in [0.29, 0.717) is 0 Å². The molecule has 2 heteroatoms. The molecule has 21 heavy (non-hydrogen) atoms. The molecule has 0 nitrogen and oxygen atoms in total. The molecule has 0 radical (unpaired) electrons. The molecule has 0 N–H and O–H groups in total. The molecule has 1 atom stereocenters. The van der Waals surface area contributed by atoms with Crippen LogP contribution in [0.4, 0.5) is 0 Å². The summed E-state index contributed by atoms with van der Waals surface area (Å²) in [5, 5.41) is 4.12. The number of hydrogen-bond donors (Lipinski definition) is 0. The first-order chi connectivity index (χ1) is 10.3. The molecule has 3 aromatic rings. The second kappa shape index (κ2) is 8.73. The molecule has 0 aliphatic heterocycles. The van der Waals surface area contributed by atoms with E-state index in [1.807, 2.05) is 30.3 Å². The smallest absolute Gasteiger partial charge is 0.0198 e. The molecule has 0 aliphatic rings. The SMILES string of the molecule is CP(c1ccccc1)c1ccccc1.Pc1ccccc1. The molecular formula is C19H20P2. The van der Waals surface area contributed by atoms with Gasteiger partial charge >= 0.3 is 0 Å². The Kier molecular flexibility index (Phi) is 6.61. The molecule has 0 spiro atoms. The highest BCUT2D eigenvalue weighted by Crippen LogP contribution is 2.27. The maximum atomic E-state index is 2.63. The van der Waals surface area contributed by atoms with E-state index in [-0.39, 0.29) is 7.92 Å². The highest BCUT2D eigenvalue weighted by molar-refractivity contribution is 7.72. The van der Waals surface area contributed by atoms with Crippen molar-refractivity contribution < 1.29 is 0 Å². The van der Waals surface area contributed by atoms with Gasteiger partial charge in [-0.15, -0.1) is 9.24 Å². The lowest BCUT2D eigenvalue weighted by Gasteiger charge is -2.12. The fourth-order valence-corrected chi connectivity index (χ4v) is 3.66. The topological polar surface area (TPSA) is 0 Å². The number of hydrogen-bond acceptors (Lipinski definition) is 0. The first-order valence-electron chi connectivity index (χ1n) is 6.92. The predicted molar refractivity (Wildman–Crippen MR) is 101 cm³/mol. The van der Waals surface area contributed by atoms with Crippen molar-refractivity contribution in [3.05, 3.63) is 91.0 Å². The van der Waals surface area contributed by atoms with E-state index < -0.39 is 0 Å². The average molecular weight is 310 g/mol. The zero-order chi connectivity index (χ0) is 14.9. The summed E-state index contributed by atoms with van der Waals surface area (Å²) in [5.74, 6) is 0. The molecular weight excluding hydrogens is 290 g/mol. The van der Waals surface area contributed by atoms with Crippen molar-refractivity contribution in [2.45, 2.75) is 0 Å². The lowest BCUT2D eigenvalue weighted by atomic mass is 10.4. The van der Waals surface area contributed by atoms with Crippen LogP contribution in [0, 0.1) is 0 Å². The molecule has 106 valence electrons. The monoisotopic (exact) mass is 310 g/mol. The van der Waals surface area contributed by atoms with Crippen LogP contribution in [0.2, 0.25) is 0 Å². The standard InChI is InChI=1S/C13H13P.C6H7P/c1-14(12-8-4-2-5-9-12)13-10-6-3-7-11-13;7-6-4-2-1-3-5-6/h2-11H,1H3;1-5H,7H2. The van der Waals surface area contributed by atoms with Gasteiger partial charge in [0.05, 0.1) is 0 Å². The van der Waals surface area contributed by atoms with Crippen LogP contribution in [0.3, 0.4) is 0 Å². The van der Waals surface area contributed by atoms with E-state index in [1.54, 1.807) is 0 Å². The van der Waals surface area contributed by atoms with Gasteiger partial charge in [0.1, 0.15) is 0 Å². The summed E-state index contributed by atoms with van der Waals surface area (Å²) in [6.07, 6.45) is 0. The normalized spacial score (nSPS) is 9.86. The second-order valence-corrected chi connectivity index (χ2v) is 7.46. The maximum Gasteiger partial charge on any atom is -0.0198 e. The lowest BCUT2D eigenvalue weighted by molar-refractivity contribution is 1.75. The fourth-order valence-electron chi connectivity index (χ4n) is 1.91. The van der Waals surface area contributed by atoms with Crippen LogP contribution in [0.25, 0.3) is 0 Å². The van der Waals surface area contributed by atoms with E-state index in [1.165, 1.54) is 15.9 Å². The molecule has 1 unspecified atom stereocenters. The molecule has 0 bridgehead atoms. The van der Waals surface area contributed by atoms with Crippen LogP contribution < -0.4 is 15.9 Å². The van der Waals surface area contributed by atoms with Crippen LogP contribution in [0.1, 0.15) is 0 Å². The van der Waals surface area contributed by atoms with Crippen LogP contribution in [-0.4, -0.2) is 6.66 Å². The Morgan fingerprint density at radius 3 is 1.19 bits per heavy atom. The first-order valence-corrected chi connectivity index (χ1v) is 9.28. The minimum atomic E-state index is -0.171. The summed E-state index contributed by atoms with van der Waals surface area (Å²) in [5.41, 5.74) is 0. The van der Waals surface area contributed by atoms with Gasteiger partial charge in [0, 0.05) is 0 Å². The summed E-state index contributed by atoms with van der Waals surface area (Å²) in [4.78, 5) is 0. The Hall–Kier alpha value is -1.48. The summed E-state index contributed by atoms with van der Waals surface area (Å²) >= 11 is 0. The van der Waals surface area contributed by atoms with Crippen molar-refractivity contribution >= 4 is 33.1 Å². The zero-order valence-corrected chi connectivity index (χ0v) is 14.2. The minimum absolute atomic E-state index is 0.171. The highest BCUT2D eigenvalue weighted by Gasteiger charge is 2.05. The summed E-state index contributed by atoms with van der Waals surface area (Å²) in [6, 6.07) is 31.5. The number of rotatable bonds is 2. The Morgan fingerprint density at radius 1 is 0.571 bits per heavy atom. The zero-order valence-electron chi connectivity index (χ0n) is 12.2. The Morgan fingerprint density at radius 2 is 0.905 bits per heavy atom. The van der Waals surface area contributed by atoms with Crippen molar-refractivity contribution in [2.24, 2.45) is 0 Å². The maximum absolute atomic E-state index is 2.63. The van der Waals surface area contributed by atoms with Crippen molar-refractivity contribution in [3.63, 3.8) is 0 Å². The van der Waals surface area contributed by atoms with Crippen LogP contribution in [0.5, 0.6) is 0 Å². The highest BCUT2D eigenvalue weighted by atomic mass is 31.1. The molecule has 0 aromatic heterocycles. The molecule has 3 rings (SSSR count). The lowest BCUT2D eigenvalue weighted by Crippen LogP contribution is -2.09. The van der Waals surface area contributed by atoms with E-state index in [2.05, 4.69) is 76.6 Å². The van der Waals surface area contributed by atoms with Gasteiger partial charge in [0.2, 0.25) is 0 Å². The second-order valence-electron chi connectivity index (χ2n) is 4.64. The fraction of sp³-hybridized carbons (Fsp3) is 0.0526. The minimum Gasteiger partial charge on any atom is -0.106 e. The van der Waals surface area contributed by atoms with Gasteiger partial charge in [0.15, 0.2) is 0 Å². The van der Waals surface area contributed by atoms with Gasteiger partial charge in [-0.3, -0.25) is 0 Å². The molecule has 0 saturated heterocycles. The summed E-state index contributed by atoms with van der Waals surface area (Å²) in [7, 11) is 2.46. The third-order valence-electron chi connectivity index (χ3n) is 3.09. The third kappa shape index (κ3) is 5.43. The average Bonchev–Trinajstić information content (AvgIpc) is 2.57. The van der Waals surface area contributed by atoms with Gasteiger partial charge in [-0.1, -0.05) is 91.0 Å². The summed E-state index contributed by atoms with van der Waals surface area (Å²) in [6.45, 7) is 2.31. The molecule has 0 amide bonds. The first kappa shape index (κ1) is 15.9.